The summed E-state index contributed by atoms with van der Waals surface area (Å²) >= 11 is 0. The molecule has 4 aromatic rings. The molecule has 2 N–H and O–H groups in total. The first-order chi connectivity index (χ1) is 34.8. The summed E-state index contributed by atoms with van der Waals surface area (Å²) in [4.78, 5) is 28.2. The highest BCUT2D eigenvalue weighted by molar-refractivity contribution is 6.03. The monoisotopic (exact) mass is 972 g/mol. The number of ether oxygens (including phenoxy) is 3. The third-order valence-electron chi connectivity index (χ3n) is 14.7. The number of aliphatic hydroxyl groups excluding tert-OH is 2. The molecule has 2 heterocycles. The lowest BCUT2D eigenvalue weighted by Crippen LogP contribution is -2.70. The van der Waals surface area contributed by atoms with E-state index in [9.17, 15) is 14.6 Å². The fourth-order valence-corrected chi connectivity index (χ4v) is 11.2. The van der Waals surface area contributed by atoms with E-state index in [1.165, 1.54) is 44.2 Å². The summed E-state index contributed by atoms with van der Waals surface area (Å²) in [6, 6.07) is 27.6. The van der Waals surface area contributed by atoms with Crippen molar-refractivity contribution in [1.82, 2.24) is 9.88 Å². The van der Waals surface area contributed by atoms with Crippen LogP contribution in [0.3, 0.4) is 0 Å². The number of hydrogen-bond donors (Lipinski definition) is 2. The van der Waals surface area contributed by atoms with Crippen molar-refractivity contribution in [2.75, 3.05) is 19.8 Å². The maximum Gasteiger partial charge on any atom is 0.239 e. The number of aryl methyl sites for hydroxylation is 1. The van der Waals surface area contributed by atoms with Gasteiger partial charge in [-0.05, 0) is 110 Å². The smallest absolute Gasteiger partial charge is 0.239 e. The number of amides is 1. The normalized spacial score (nSPS) is 21.7. The molecule has 1 aliphatic heterocycles. The molecule has 7 rings (SSSR count). The molecule has 1 saturated carbocycles. The second-order valence-electron chi connectivity index (χ2n) is 19.8. The molecule has 11 heteroatoms. The summed E-state index contributed by atoms with van der Waals surface area (Å²) in [5.41, 5.74) is 6.17. The van der Waals surface area contributed by atoms with Gasteiger partial charge in [-0.3, -0.25) is 9.78 Å². The number of oxime groups is 1. The first-order valence-corrected chi connectivity index (χ1v) is 26.6. The van der Waals surface area contributed by atoms with Crippen molar-refractivity contribution in [2.45, 2.75) is 161 Å². The fraction of sp³-hybridized carbons (Fsp3) is 0.517. The highest BCUT2D eigenvalue weighted by Crippen LogP contribution is 2.62. The number of aromatic nitrogens is 1. The van der Waals surface area contributed by atoms with Gasteiger partial charge in [0, 0.05) is 49.8 Å². The van der Waals surface area contributed by atoms with Crippen LogP contribution in [0.25, 0.3) is 0 Å². The maximum atomic E-state index is 15.3. The minimum atomic E-state index is -1.43. The Morgan fingerprint density at radius 2 is 1.59 bits per heavy atom. The Morgan fingerprint density at radius 1 is 0.859 bits per heavy atom. The Labute approximate surface area is 422 Å². The standard InChI is InChI=1S/C60H78FN3O7/c1-4-6-7-8-9-10-11-12-16-28-57(67)64(41-45-29-31-48(61)32-30-45)56-40-54(63-70-42-46-23-14-13-15-24-46)52-38-47(25-17-19-35-65)51(27-18-20-36-66)58-53-39-50(68-43-49-26-21-22-44(3)62-49)33-34-55(53)71-60(56,59(52)58)69-37-5-2/h5,13-15,21-24,26,29-34,38-39,47,51,56,58-59,65-66H,2,4,6-12,16-20,25,27-28,35-37,40-43H2,1,3H3. The molecule has 1 amide bonds. The van der Waals surface area contributed by atoms with Gasteiger partial charge in [0.15, 0.2) is 0 Å². The third-order valence-corrected chi connectivity index (χ3v) is 14.7. The van der Waals surface area contributed by atoms with Crippen LogP contribution in [0, 0.1) is 30.5 Å². The number of benzene rings is 3. The predicted molar refractivity (Wildman–Crippen MR) is 278 cm³/mol. The van der Waals surface area contributed by atoms with Gasteiger partial charge in [0.25, 0.3) is 0 Å². The van der Waals surface area contributed by atoms with Crippen molar-refractivity contribution < 1.29 is 38.4 Å². The van der Waals surface area contributed by atoms with Crippen molar-refractivity contribution >= 4 is 11.6 Å². The average Bonchev–Trinajstić information content (AvgIpc) is 3.38. The molecule has 6 unspecified atom stereocenters. The van der Waals surface area contributed by atoms with E-state index in [4.69, 9.17) is 29.2 Å². The summed E-state index contributed by atoms with van der Waals surface area (Å²) in [5.74, 6) is -1.06. The second-order valence-corrected chi connectivity index (χ2v) is 19.8. The number of hydrogen-bond acceptors (Lipinski definition) is 9. The van der Waals surface area contributed by atoms with Crippen LogP contribution in [-0.2, 0) is 34.1 Å². The zero-order valence-corrected chi connectivity index (χ0v) is 42.3. The molecule has 10 nitrogen and oxygen atoms in total. The quantitative estimate of drug-likeness (QED) is 0.0301. The van der Waals surface area contributed by atoms with Crippen LogP contribution in [0.2, 0.25) is 0 Å². The van der Waals surface area contributed by atoms with Crippen molar-refractivity contribution in [3.05, 3.63) is 149 Å². The summed E-state index contributed by atoms with van der Waals surface area (Å²) in [6.07, 6.45) is 19.4. The summed E-state index contributed by atoms with van der Waals surface area (Å²) in [7, 11) is 0. The van der Waals surface area contributed by atoms with Gasteiger partial charge >= 0.3 is 0 Å². The molecule has 3 aliphatic rings. The van der Waals surface area contributed by atoms with E-state index < -0.39 is 17.7 Å². The van der Waals surface area contributed by atoms with Gasteiger partial charge in [0.05, 0.1) is 23.9 Å². The molecular formula is C60H78FN3O7. The summed E-state index contributed by atoms with van der Waals surface area (Å²) in [5, 5.41) is 25.2. The molecule has 0 spiro atoms. The molecule has 1 aromatic heterocycles. The number of carbonyl (C=O) groups excluding carboxylic acids is 1. The molecule has 0 radical (unpaired) electrons. The van der Waals surface area contributed by atoms with E-state index in [1.807, 2.05) is 72.5 Å². The SMILES string of the molecule is C=CCOC12Oc3ccc(OCc4cccc(C)n4)cc3C3C(CCCCO)C(CCCCO)C=C(C(=NOCc4ccccc4)CC1N(Cc1ccc(F)cc1)C(=O)CCCCCCCCCCC)C32. The van der Waals surface area contributed by atoms with Gasteiger partial charge in [0.2, 0.25) is 11.7 Å². The molecule has 2 aliphatic carbocycles. The Kier molecular flexibility index (Phi) is 20.7. The Hall–Kier alpha value is -5.36. The highest BCUT2D eigenvalue weighted by atomic mass is 19.1. The zero-order valence-electron chi connectivity index (χ0n) is 42.3. The number of allylic oxidation sites excluding steroid dienone is 1. The third kappa shape index (κ3) is 14.2. The van der Waals surface area contributed by atoms with Crippen molar-refractivity contribution in [3.8, 4) is 11.5 Å². The number of rotatable bonds is 30. The molecule has 382 valence electrons. The number of nitrogens with zero attached hydrogens (tertiary/aromatic N) is 3. The van der Waals surface area contributed by atoms with E-state index in [-0.39, 0.29) is 75.5 Å². The lowest BCUT2D eigenvalue weighted by molar-refractivity contribution is -0.258. The van der Waals surface area contributed by atoms with Gasteiger partial charge in [0.1, 0.15) is 36.6 Å². The van der Waals surface area contributed by atoms with Crippen LogP contribution in [0.4, 0.5) is 4.39 Å². The van der Waals surface area contributed by atoms with Gasteiger partial charge < -0.3 is 34.2 Å². The van der Waals surface area contributed by atoms with Crippen LogP contribution in [-0.4, -0.2) is 63.4 Å². The van der Waals surface area contributed by atoms with Gasteiger partial charge in [-0.15, -0.1) is 6.58 Å². The largest absolute Gasteiger partial charge is 0.487 e. The Morgan fingerprint density at radius 3 is 2.31 bits per heavy atom. The van der Waals surface area contributed by atoms with E-state index in [2.05, 4.69) is 25.6 Å². The zero-order chi connectivity index (χ0) is 49.8. The van der Waals surface area contributed by atoms with Crippen molar-refractivity contribution in [3.63, 3.8) is 0 Å². The summed E-state index contributed by atoms with van der Waals surface area (Å²) in [6.45, 7) is 9.40. The Bertz CT molecular complexity index is 2340. The number of unbranched alkanes of at least 4 members (excludes halogenated alkanes) is 10. The fourth-order valence-electron chi connectivity index (χ4n) is 11.2. The molecular weight excluding hydrogens is 894 g/mol. The number of halogens is 1. The van der Waals surface area contributed by atoms with E-state index in [0.29, 0.717) is 30.8 Å². The van der Waals surface area contributed by atoms with E-state index in [1.54, 1.807) is 18.2 Å². The molecule has 0 bridgehead atoms. The maximum absolute atomic E-state index is 15.3. The average molecular weight is 972 g/mol. The van der Waals surface area contributed by atoms with Crippen molar-refractivity contribution in [1.29, 1.82) is 0 Å². The van der Waals surface area contributed by atoms with Gasteiger partial charge in [-0.25, -0.2) is 4.39 Å². The van der Waals surface area contributed by atoms with Crippen LogP contribution < -0.4 is 9.47 Å². The number of fused-ring (bicyclic) bond motifs is 2. The highest BCUT2D eigenvalue weighted by Gasteiger charge is 2.65. The minimum Gasteiger partial charge on any atom is -0.487 e. The van der Waals surface area contributed by atoms with Gasteiger partial charge in [-0.1, -0.05) is 137 Å². The topological polar surface area (TPSA) is 123 Å². The Balaban J connectivity index is 1.36. The van der Waals surface area contributed by atoms with Crippen LogP contribution in [0.5, 0.6) is 11.5 Å². The lowest BCUT2D eigenvalue weighted by atomic mass is 9.55. The van der Waals surface area contributed by atoms with E-state index >= 15 is 4.79 Å². The molecule has 6 atom stereocenters. The second kappa shape index (κ2) is 27.5. The molecule has 1 fully saturated rings. The van der Waals surface area contributed by atoms with Gasteiger partial charge in [-0.2, -0.15) is 0 Å². The number of aliphatic hydroxyl groups is 2. The lowest BCUT2D eigenvalue weighted by Gasteiger charge is -2.60. The first-order valence-electron chi connectivity index (χ1n) is 26.6. The summed E-state index contributed by atoms with van der Waals surface area (Å²) < 4.78 is 35.8. The predicted octanol–water partition coefficient (Wildman–Crippen LogP) is 12.9. The molecule has 71 heavy (non-hydrogen) atoms. The number of pyridine rings is 1. The number of carbonyl (C=O) groups is 1. The first kappa shape index (κ1) is 53.4. The van der Waals surface area contributed by atoms with Crippen LogP contribution in [0.1, 0.15) is 150 Å². The van der Waals surface area contributed by atoms with Crippen LogP contribution in [0.15, 0.2) is 120 Å². The van der Waals surface area contributed by atoms with Crippen LogP contribution >= 0.6 is 0 Å². The molecule has 3 aromatic carbocycles. The molecule has 0 saturated heterocycles. The van der Waals surface area contributed by atoms with Crippen molar-refractivity contribution in [2.24, 2.45) is 22.9 Å². The minimum absolute atomic E-state index is 0.0301. The van der Waals surface area contributed by atoms with E-state index in [0.717, 1.165) is 90.7 Å².